The smallest absolute Gasteiger partial charge is 0.0746 e. The number of hydrogen-bond donors (Lipinski definition) is 2. The van der Waals surface area contributed by atoms with E-state index in [2.05, 4.69) is 32.3 Å². The molecule has 0 saturated carbocycles. The van der Waals surface area contributed by atoms with Gasteiger partial charge in [-0.3, -0.25) is 4.90 Å². The molecule has 3 N–H and O–H groups in total. The number of nitrogens with zero attached hydrogens (tertiary/aromatic N) is 1. The summed E-state index contributed by atoms with van der Waals surface area (Å²) in [5, 5.41) is 12.3. The number of β-amino-alcohol motifs (C(OH)–C–C–N with tert-alkyl or cyclic N) is 1. The van der Waals surface area contributed by atoms with Crippen LogP contribution in [0.3, 0.4) is 0 Å². The van der Waals surface area contributed by atoms with Crippen molar-refractivity contribution in [2.45, 2.75) is 44.4 Å². The number of halogens is 1. The first kappa shape index (κ1) is 14.5. The van der Waals surface area contributed by atoms with Crippen molar-refractivity contribution in [2.24, 2.45) is 5.73 Å². The fourth-order valence-electron chi connectivity index (χ4n) is 2.75. The predicted molar refractivity (Wildman–Crippen MR) is 79.8 cm³/mol. The van der Waals surface area contributed by atoms with E-state index < -0.39 is 5.60 Å². The van der Waals surface area contributed by atoms with Gasteiger partial charge < -0.3 is 10.8 Å². The molecule has 102 valence electrons. The maximum absolute atomic E-state index is 10.2. The zero-order valence-corrected chi connectivity index (χ0v) is 13.3. The van der Waals surface area contributed by atoms with Crippen LogP contribution >= 0.6 is 27.3 Å². The third kappa shape index (κ3) is 3.33. The molecular weight excluding hydrogens is 312 g/mol. The van der Waals surface area contributed by atoms with Crippen molar-refractivity contribution >= 4 is 27.3 Å². The molecule has 0 amide bonds. The van der Waals surface area contributed by atoms with E-state index in [1.54, 1.807) is 11.3 Å². The number of rotatable bonds is 3. The maximum atomic E-state index is 10.2. The molecule has 3 atom stereocenters. The van der Waals surface area contributed by atoms with Crippen LogP contribution in [0.4, 0.5) is 0 Å². The first-order valence-corrected chi connectivity index (χ1v) is 8.02. The summed E-state index contributed by atoms with van der Waals surface area (Å²) in [6.07, 6.45) is 1.91. The SMILES string of the molecule is CC(N)C(c1cc(Br)cs1)N1CCCC(C)(O)C1. The van der Waals surface area contributed by atoms with Gasteiger partial charge in [0.05, 0.1) is 11.6 Å². The van der Waals surface area contributed by atoms with Crippen LogP contribution in [0, 0.1) is 0 Å². The lowest BCUT2D eigenvalue weighted by molar-refractivity contribution is -0.0328. The van der Waals surface area contributed by atoms with Crippen LogP contribution in [0.1, 0.15) is 37.6 Å². The lowest BCUT2D eigenvalue weighted by Gasteiger charge is -2.42. The molecule has 1 aliphatic rings. The van der Waals surface area contributed by atoms with Gasteiger partial charge in [-0.1, -0.05) is 0 Å². The first-order valence-electron chi connectivity index (χ1n) is 6.35. The average molecular weight is 333 g/mol. The number of aliphatic hydroxyl groups is 1. The van der Waals surface area contributed by atoms with E-state index in [-0.39, 0.29) is 12.1 Å². The van der Waals surface area contributed by atoms with Crippen molar-refractivity contribution < 1.29 is 5.11 Å². The Morgan fingerprint density at radius 2 is 2.33 bits per heavy atom. The molecule has 1 aromatic heterocycles. The van der Waals surface area contributed by atoms with E-state index in [0.29, 0.717) is 6.54 Å². The molecule has 18 heavy (non-hydrogen) atoms. The van der Waals surface area contributed by atoms with Gasteiger partial charge in [0, 0.05) is 27.3 Å². The third-order valence-electron chi connectivity index (χ3n) is 3.48. The van der Waals surface area contributed by atoms with Gasteiger partial charge in [-0.2, -0.15) is 0 Å². The Morgan fingerprint density at radius 3 is 2.83 bits per heavy atom. The summed E-state index contributed by atoms with van der Waals surface area (Å²) in [6, 6.07) is 2.40. The van der Waals surface area contributed by atoms with Crippen molar-refractivity contribution in [3.8, 4) is 0 Å². The molecule has 1 fully saturated rings. The zero-order chi connectivity index (χ0) is 13.3. The van der Waals surface area contributed by atoms with Gasteiger partial charge >= 0.3 is 0 Å². The van der Waals surface area contributed by atoms with Gasteiger partial charge in [-0.05, 0) is 55.2 Å². The highest BCUT2D eigenvalue weighted by atomic mass is 79.9. The molecule has 2 rings (SSSR count). The third-order valence-corrected chi connectivity index (χ3v) is 5.24. The Morgan fingerprint density at radius 1 is 1.61 bits per heavy atom. The topological polar surface area (TPSA) is 49.5 Å². The largest absolute Gasteiger partial charge is 0.389 e. The number of thiophene rings is 1. The Bertz CT molecular complexity index is 405. The summed E-state index contributed by atoms with van der Waals surface area (Å²) in [7, 11) is 0. The molecule has 5 heteroatoms. The van der Waals surface area contributed by atoms with Crippen LogP contribution in [0.5, 0.6) is 0 Å². The Balaban J connectivity index is 2.20. The normalized spacial score (nSPS) is 29.2. The van der Waals surface area contributed by atoms with Crippen molar-refractivity contribution in [1.82, 2.24) is 4.90 Å². The van der Waals surface area contributed by atoms with Gasteiger partial charge in [-0.25, -0.2) is 0 Å². The summed E-state index contributed by atoms with van der Waals surface area (Å²) in [5.74, 6) is 0. The monoisotopic (exact) mass is 332 g/mol. The van der Waals surface area contributed by atoms with Gasteiger partial charge in [0.15, 0.2) is 0 Å². The van der Waals surface area contributed by atoms with Gasteiger partial charge in [-0.15, -0.1) is 11.3 Å². The van der Waals surface area contributed by atoms with Crippen LogP contribution in [0.15, 0.2) is 15.9 Å². The fraction of sp³-hybridized carbons (Fsp3) is 0.692. The summed E-state index contributed by atoms with van der Waals surface area (Å²) < 4.78 is 1.11. The van der Waals surface area contributed by atoms with Crippen molar-refractivity contribution in [3.63, 3.8) is 0 Å². The van der Waals surface area contributed by atoms with Crippen LogP contribution < -0.4 is 5.73 Å². The molecule has 3 nitrogen and oxygen atoms in total. The molecule has 0 bridgehead atoms. The van der Waals surface area contributed by atoms with E-state index in [1.807, 2.05) is 13.8 Å². The molecule has 0 aliphatic carbocycles. The maximum Gasteiger partial charge on any atom is 0.0746 e. The Labute approximate surface area is 121 Å². The highest BCUT2D eigenvalue weighted by molar-refractivity contribution is 9.10. The minimum atomic E-state index is -0.583. The second-order valence-corrected chi connectivity index (χ2v) is 7.40. The highest BCUT2D eigenvalue weighted by Crippen LogP contribution is 2.34. The minimum Gasteiger partial charge on any atom is -0.389 e. The number of piperidine rings is 1. The standard InChI is InChI=1S/C13H21BrN2OS/c1-9(15)12(11-6-10(14)7-18-11)16-5-3-4-13(2,17)8-16/h6-7,9,12,17H,3-5,8,15H2,1-2H3. The van der Waals surface area contributed by atoms with Crippen molar-refractivity contribution in [3.05, 3.63) is 20.8 Å². The quantitative estimate of drug-likeness (QED) is 0.894. The molecule has 1 aliphatic heterocycles. The summed E-state index contributed by atoms with van der Waals surface area (Å²) in [4.78, 5) is 3.60. The molecule has 0 radical (unpaired) electrons. The lowest BCUT2D eigenvalue weighted by Crippen LogP contribution is -2.50. The lowest BCUT2D eigenvalue weighted by atomic mass is 9.92. The summed E-state index contributed by atoms with van der Waals surface area (Å²) >= 11 is 5.23. The highest BCUT2D eigenvalue weighted by Gasteiger charge is 2.34. The second-order valence-electron chi connectivity index (χ2n) is 5.54. The van der Waals surface area contributed by atoms with Crippen molar-refractivity contribution in [1.29, 1.82) is 0 Å². The summed E-state index contributed by atoms with van der Waals surface area (Å²) in [5.41, 5.74) is 5.58. The number of hydrogen-bond acceptors (Lipinski definition) is 4. The molecule has 0 aromatic carbocycles. The molecule has 2 heterocycles. The average Bonchev–Trinajstić information content (AvgIpc) is 2.63. The molecule has 3 unspecified atom stereocenters. The predicted octanol–water partition coefficient (Wildman–Crippen LogP) is 2.75. The van der Waals surface area contributed by atoms with Crippen LogP contribution in [-0.2, 0) is 0 Å². The Hall–Kier alpha value is 0.0600. The number of likely N-dealkylation sites (tertiary alicyclic amines) is 1. The fourth-order valence-corrected chi connectivity index (χ4v) is 4.44. The number of nitrogens with two attached hydrogens (primary N) is 1. The molecule has 1 saturated heterocycles. The van der Waals surface area contributed by atoms with Gasteiger partial charge in [0.1, 0.15) is 0 Å². The first-order chi connectivity index (χ1) is 8.39. The van der Waals surface area contributed by atoms with E-state index in [1.165, 1.54) is 4.88 Å². The van der Waals surface area contributed by atoms with E-state index in [0.717, 1.165) is 23.9 Å². The molecular formula is C13H21BrN2OS. The Kier molecular flexibility index (Phi) is 4.49. The second kappa shape index (κ2) is 5.59. The summed E-state index contributed by atoms with van der Waals surface area (Å²) in [6.45, 7) is 5.68. The molecule has 0 spiro atoms. The minimum absolute atomic E-state index is 0.0597. The van der Waals surface area contributed by atoms with Gasteiger partial charge in [0.2, 0.25) is 0 Å². The van der Waals surface area contributed by atoms with Crippen LogP contribution in [-0.4, -0.2) is 34.7 Å². The van der Waals surface area contributed by atoms with Crippen LogP contribution in [0.2, 0.25) is 0 Å². The zero-order valence-electron chi connectivity index (χ0n) is 10.9. The van der Waals surface area contributed by atoms with E-state index in [9.17, 15) is 5.11 Å². The van der Waals surface area contributed by atoms with Crippen LogP contribution in [0.25, 0.3) is 0 Å². The van der Waals surface area contributed by atoms with Gasteiger partial charge in [0.25, 0.3) is 0 Å². The van der Waals surface area contributed by atoms with Crippen molar-refractivity contribution in [2.75, 3.05) is 13.1 Å². The molecule has 1 aromatic rings. The van der Waals surface area contributed by atoms with E-state index >= 15 is 0 Å². The van der Waals surface area contributed by atoms with E-state index in [4.69, 9.17) is 5.73 Å².